The summed E-state index contributed by atoms with van der Waals surface area (Å²) in [7, 11) is 0. The molecule has 0 saturated heterocycles. The molecule has 1 aliphatic rings. The van der Waals surface area contributed by atoms with E-state index >= 15 is 0 Å². The van der Waals surface area contributed by atoms with Crippen molar-refractivity contribution in [3.05, 3.63) is 82.7 Å². The molecule has 1 aliphatic heterocycles. The molecule has 4 heteroatoms. The molecule has 2 aromatic carbocycles. The number of hydrogen-bond acceptors (Lipinski definition) is 3. The van der Waals surface area contributed by atoms with Gasteiger partial charge in [-0.2, -0.15) is 0 Å². The van der Waals surface area contributed by atoms with E-state index in [4.69, 9.17) is 0 Å². The highest BCUT2D eigenvalue weighted by Crippen LogP contribution is 2.38. The summed E-state index contributed by atoms with van der Waals surface area (Å²) in [5.41, 5.74) is 3.75. The Morgan fingerprint density at radius 1 is 1.04 bits per heavy atom. The molecule has 1 amide bonds. The van der Waals surface area contributed by atoms with Crippen LogP contribution in [0.2, 0.25) is 0 Å². The van der Waals surface area contributed by atoms with Gasteiger partial charge in [-0.3, -0.25) is 4.79 Å². The molecule has 3 aromatic rings. The van der Waals surface area contributed by atoms with E-state index in [0.29, 0.717) is 0 Å². The molecule has 1 N–H and O–H groups in total. The fraction of sp³-hybridized carbons (Fsp3) is 0.190. The minimum atomic E-state index is -0.0138. The van der Waals surface area contributed by atoms with Crippen molar-refractivity contribution >= 4 is 27.9 Å². The lowest BCUT2D eigenvalue weighted by molar-refractivity contribution is 0.0944. The molecule has 1 unspecified atom stereocenters. The number of anilines is 2. The Morgan fingerprint density at radius 2 is 1.80 bits per heavy atom. The highest BCUT2D eigenvalue weighted by molar-refractivity contribution is 7.18. The summed E-state index contributed by atoms with van der Waals surface area (Å²) < 4.78 is 0. The molecule has 0 fully saturated rings. The smallest absolute Gasteiger partial charge is 0.261 e. The molecule has 0 spiro atoms. The molecule has 0 bridgehead atoms. The summed E-state index contributed by atoms with van der Waals surface area (Å²) in [5.74, 6) is -0.0138. The molecule has 4 rings (SSSR count). The van der Waals surface area contributed by atoms with Gasteiger partial charge >= 0.3 is 0 Å². The third kappa shape index (κ3) is 3.17. The van der Waals surface area contributed by atoms with Gasteiger partial charge in [-0.15, -0.1) is 11.3 Å². The van der Waals surface area contributed by atoms with Crippen LogP contribution in [-0.4, -0.2) is 12.5 Å². The summed E-state index contributed by atoms with van der Waals surface area (Å²) in [6.45, 7) is 2.99. The molecule has 3 nitrogen and oxygen atoms in total. The van der Waals surface area contributed by atoms with Crippen LogP contribution in [0.4, 0.5) is 10.7 Å². The van der Waals surface area contributed by atoms with Crippen LogP contribution in [0.15, 0.2) is 66.7 Å². The fourth-order valence-corrected chi connectivity index (χ4v) is 4.20. The van der Waals surface area contributed by atoms with Crippen molar-refractivity contribution < 1.29 is 4.79 Å². The van der Waals surface area contributed by atoms with Crippen LogP contribution in [-0.2, 0) is 6.42 Å². The van der Waals surface area contributed by atoms with Gasteiger partial charge in [0.2, 0.25) is 0 Å². The second-order valence-corrected chi connectivity index (χ2v) is 7.34. The number of nitrogens with zero attached hydrogens (tertiary/aromatic N) is 1. The van der Waals surface area contributed by atoms with Gasteiger partial charge in [-0.1, -0.05) is 48.5 Å². The zero-order valence-corrected chi connectivity index (χ0v) is 14.9. The maximum absolute atomic E-state index is 12.6. The summed E-state index contributed by atoms with van der Waals surface area (Å²) in [6, 6.07) is 22.5. The van der Waals surface area contributed by atoms with E-state index in [1.807, 2.05) is 43.3 Å². The number of amides is 1. The van der Waals surface area contributed by atoms with Crippen molar-refractivity contribution in [1.82, 2.24) is 5.32 Å². The van der Waals surface area contributed by atoms with E-state index in [1.165, 1.54) is 11.3 Å². The van der Waals surface area contributed by atoms with E-state index in [9.17, 15) is 4.79 Å². The van der Waals surface area contributed by atoms with Crippen LogP contribution < -0.4 is 10.2 Å². The second-order valence-electron chi connectivity index (χ2n) is 6.27. The number of para-hydroxylation sites is 1. The minimum Gasteiger partial charge on any atom is -0.345 e. The lowest BCUT2D eigenvalue weighted by Gasteiger charge is -2.17. The Hall–Kier alpha value is -2.59. The largest absolute Gasteiger partial charge is 0.345 e. The molecule has 1 aromatic heterocycles. The van der Waals surface area contributed by atoms with E-state index in [-0.39, 0.29) is 11.9 Å². The van der Waals surface area contributed by atoms with E-state index in [1.54, 1.807) is 11.3 Å². The topological polar surface area (TPSA) is 32.3 Å². The van der Waals surface area contributed by atoms with Crippen molar-refractivity contribution in [1.29, 1.82) is 0 Å². The van der Waals surface area contributed by atoms with Gasteiger partial charge in [-0.05, 0) is 42.7 Å². The Labute approximate surface area is 151 Å². The van der Waals surface area contributed by atoms with Gasteiger partial charge in [0.05, 0.1) is 15.9 Å². The van der Waals surface area contributed by atoms with Gasteiger partial charge in [0.25, 0.3) is 5.91 Å². The molecule has 0 radical (unpaired) electrons. The van der Waals surface area contributed by atoms with E-state index < -0.39 is 0 Å². The van der Waals surface area contributed by atoms with Crippen LogP contribution >= 0.6 is 11.3 Å². The zero-order chi connectivity index (χ0) is 17.2. The van der Waals surface area contributed by atoms with Crippen LogP contribution in [0.1, 0.15) is 33.8 Å². The monoisotopic (exact) mass is 348 g/mol. The number of hydrogen-bond donors (Lipinski definition) is 1. The Bertz CT molecular complexity index is 888. The van der Waals surface area contributed by atoms with Crippen LogP contribution in [0.3, 0.4) is 0 Å². The van der Waals surface area contributed by atoms with Crippen molar-refractivity contribution in [2.75, 3.05) is 11.4 Å². The summed E-state index contributed by atoms with van der Waals surface area (Å²) >= 11 is 1.55. The first-order valence-corrected chi connectivity index (χ1v) is 9.35. The average molecular weight is 348 g/mol. The molecule has 0 saturated carbocycles. The van der Waals surface area contributed by atoms with Crippen molar-refractivity contribution in [3.63, 3.8) is 0 Å². The maximum atomic E-state index is 12.6. The lowest BCUT2D eigenvalue weighted by Crippen LogP contribution is -2.25. The van der Waals surface area contributed by atoms with Gasteiger partial charge in [0.15, 0.2) is 0 Å². The van der Waals surface area contributed by atoms with Crippen molar-refractivity contribution in [3.8, 4) is 0 Å². The first kappa shape index (κ1) is 15.9. The predicted octanol–water partition coefficient (Wildman–Crippen LogP) is 4.93. The summed E-state index contributed by atoms with van der Waals surface area (Å²) in [5, 5.41) is 4.22. The molecule has 2 heterocycles. The lowest BCUT2D eigenvalue weighted by atomic mass is 10.1. The third-order valence-electron chi connectivity index (χ3n) is 4.62. The summed E-state index contributed by atoms with van der Waals surface area (Å²) in [4.78, 5) is 15.6. The van der Waals surface area contributed by atoms with Crippen LogP contribution in [0, 0.1) is 0 Å². The number of benzene rings is 2. The number of carbonyl (C=O) groups excluding carboxylic acids is 1. The second kappa shape index (κ2) is 6.73. The molecular weight excluding hydrogens is 328 g/mol. The molecule has 0 aliphatic carbocycles. The van der Waals surface area contributed by atoms with Gasteiger partial charge < -0.3 is 10.2 Å². The van der Waals surface area contributed by atoms with Crippen molar-refractivity contribution in [2.24, 2.45) is 0 Å². The van der Waals surface area contributed by atoms with Gasteiger partial charge in [-0.25, -0.2) is 0 Å². The third-order valence-corrected chi connectivity index (χ3v) is 5.72. The SMILES string of the molecule is CC(NC(=O)c1ccc(N2CCc3ccccc32)s1)c1ccccc1. The first-order chi connectivity index (χ1) is 12.2. The Morgan fingerprint density at radius 3 is 2.64 bits per heavy atom. The quantitative estimate of drug-likeness (QED) is 0.725. The van der Waals surface area contributed by atoms with E-state index in [2.05, 4.69) is 40.5 Å². The maximum Gasteiger partial charge on any atom is 0.261 e. The molecule has 1 atom stereocenters. The van der Waals surface area contributed by atoms with Gasteiger partial charge in [0, 0.05) is 12.2 Å². The predicted molar refractivity (Wildman–Crippen MR) is 104 cm³/mol. The fourth-order valence-electron chi connectivity index (χ4n) is 3.25. The van der Waals surface area contributed by atoms with Crippen molar-refractivity contribution in [2.45, 2.75) is 19.4 Å². The highest BCUT2D eigenvalue weighted by Gasteiger charge is 2.22. The standard InChI is InChI=1S/C21H20N2OS/c1-15(16-7-3-2-4-8-16)22-21(24)19-11-12-20(25-19)23-14-13-17-9-5-6-10-18(17)23/h2-12,15H,13-14H2,1H3,(H,22,24). The highest BCUT2D eigenvalue weighted by atomic mass is 32.1. The molecule has 126 valence electrons. The normalized spacial score (nSPS) is 14.2. The number of thiophene rings is 1. The number of nitrogens with one attached hydrogen (secondary N) is 1. The van der Waals surface area contributed by atoms with Gasteiger partial charge in [0.1, 0.15) is 0 Å². The van der Waals surface area contributed by atoms with E-state index in [0.717, 1.165) is 28.4 Å². The number of fused-ring (bicyclic) bond motifs is 1. The molecule has 25 heavy (non-hydrogen) atoms. The first-order valence-electron chi connectivity index (χ1n) is 8.53. The number of carbonyl (C=O) groups is 1. The number of rotatable bonds is 4. The van der Waals surface area contributed by atoms with Crippen LogP contribution in [0.5, 0.6) is 0 Å². The zero-order valence-electron chi connectivity index (χ0n) is 14.1. The summed E-state index contributed by atoms with van der Waals surface area (Å²) in [6.07, 6.45) is 1.06. The Balaban J connectivity index is 1.49. The molecular formula is C21H20N2OS. The van der Waals surface area contributed by atoms with Crippen LogP contribution in [0.25, 0.3) is 0 Å². The minimum absolute atomic E-state index is 0.00763. The Kier molecular flexibility index (Phi) is 4.28. The average Bonchev–Trinajstić information content (AvgIpc) is 3.29.